The van der Waals surface area contributed by atoms with Gasteiger partial charge in [0, 0.05) is 13.0 Å². The van der Waals surface area contributed by atoms with E-state index in [2.05, 4.69) is 20.9 Å². The van der Waals surface area contributed by atoms with E-state index >= 15 is 0 Å². The molecule has 0 bridgehead atoms. The Kier molecular flexibility index (Phi) is 14.7. The average Bonchev–Trinajstić information content (AvgIpc) is 2.75. The molecule has 0 aromatic heterocycles. The van der Waals surface area contributed by atoms with Crippen molar-refractivity contribution in [1.82, 2.24) is 16.0 Å². The van der Waals surface area contributed by atoms with E-state index in [0.29, 0.717) is 6.42 Å². The molecule has 4 atom stereocenters. The lowest BCUT2D eigenvalue weighted by molar-refractivity contribution is -0.142. The molecule has 0 fully saturated rings. The van der Waals surface area contributed by atoms with Crippen molar-refractivity contribution in [3.63, 3.8) is 0 Å². The van der Waals surface area contributed by atoms with Gasteiger partial charge in [0.25, 0.3) is 0 Å². The molecule has 36 heavy (non-hydrogen) atoms. The van der Waals surface area contributed by atoms with Gasteiger partial charge in [-0.05, 0) is 37.5 Å². The van der Waals surface area contributed by atoms with Gasteiger partial charge in [0.2, 0.25) is 23.6 Å². The zero-order valence-corrected chi connectivity index (χ0v) is 21.5. The Balaban J connectivity index is 5.47. The van der Waals surface area contributed by atoms with Crippen molar-refractivity contribution >= 4 is 35.6 Å². The molecule has 0 saturated heterocycles. The molecule has 4 unspecified atom stereocenters. The van der Waals surface area contributed by atoms with Crippen molar-refractivity contribution in [1.29, 1.82) is 0 Å². The Morgan fingerprint density at radius 2 is 1.42 bits per heavy atom. The van der Waals surface area contributed by atoms with Crippen LogP contribution in [0.2, 0.25) is 0 Å². The summed E-state index contributed by atoms with van der Waals surface area (Å²) >= 11 is 0. The Labute approximate surface area is 211 Å². The number of rotatable bonds is 17. The number of guanidine groups is 1. The number of carboxylic acids is 1. The Morgan fingerprint density at radius 3 is 1.89 bits per heavy atom. The first-order chi connectivity index (χ1) is 16.6. The second kappa shape index (κ2) is 16.3. The molecule has 0 heterocycles. The number of nitrogens with one attached hydrogen (secondary N) is 3. The number of carbonyl (C=O) groups is 5. The highest BCUT2D eigenvalue weighted by Crippen LogP contribution is 2.08. The van der Waals surface area contributed by atoms with Crippen molar-refractivity contribution in [2.24, 2.45) is 39.8 Å². The number of amides is 4. The van der Waals surface area contributed by atoms with Gasteiger partial charge >= 0.3 is 5.97 Å². The Morgan fingerprint density at radius 1 is 0.833 bits per heavy atom. The molecule has 0 aromatic carbocycles. The fourth-order valence-corrected chi connectivity index (χ4v) is 3.26. The Hall–Kier alpha value is -3.42. The number of carboxylic acid groups (broad SMARTS) is 1. The molecule has 206 valence electrons. The third kappa shape index (κ3) is 13.5. The fourth-order valence-electron chi connectivity index (χ4n) is 3.26. The molecule has 12 N–H and O–H groups in total. The molecule has 0 saturated carbocycles. The highest BCUT2D eigenvalue weighted by molar-refractivity contribution is 5.94. The number of primary amides is 1. The predicted octanol–water partition coefficient (Wildman–Crippen LogP) is -2.13. The van der Waals surface area contributed by atoms with Gasteiger partial charge in [0.05, 0.1) is 6.04 Å². The monoisotopic (exact) mass is 514 g/mol. The zero-order chi connectivity index (χ0) is 28.0. The van der Waals surface area contributed by atoms with Crippen LogP contribution >= 0.6 is 0 Å². The first kappa shape index (κ1) is 32.6. The van der Waals surface area contributed by atoms with Crippen LogP contribution in [0.3, 0.4) is 0 Å². The minimum atomic E-state index is -1.29. The van der Waals surface area contributed by atoms with Crippen LogP contribution in [0, 0.1) is 11.8 Å². The molecule has 0 aliphatic rings. The summed E-state index contributed by atoms with van der Waals surface area (Å²) < 4.78 is 0. The zero-order valence-electron chi connectivity index (χ0n) is 21.5. The summed E-state index contributed by atoms with van der Waals surface area (Å²) in [4.78, 5) is 65.0. The molecule has 0 radical (unpaired) electrons. The lowest BCUT2D eigenvalue weighted by Crippen LogP contribution is -2.58. The van der Waals surface area contributed by atoms with Gasteiger partial charge in [0.15, 0.2) is 5.96 Å². The minimum absolute atomic E-state index is 0.0206. The van der Waals surface area contributed by atoms with E-state index in [1.54, 1.807) is 13.8 Å². The molecule has 0 aliphatic carbocycles. The third-order valence-corrected chi connectivity index (χ3v) is 5.18. The first-order valence-corrected chi connectivity index (χ1v) is 11.9. The second-order valence-corrected chi connectivity index (χ2v) is 9.38. The molecular formula is C22H42N8O6. The molecule has 14 heteroatoms. The summed E-state index contributed by atoms with van der Waals surface area (Å²) in [6.45, 7) is 7.39. The van der Waals surface area contributed by atoms with E-state index < -0.39 is 53.8 Å². The summed E-state index contributed by atoms with van der Waals surface area (Å²) in [7, 11) is 0. The minimum Gasteiger partial charge on any atom is -0.480 e. The van der Waals surface area contributed by atoms with Crippen molar-refractivity contribution in [3.05, 3.63) is 0 Å². The van der Waals surface area contributed by atoms with Gasteiger partial charge in [-0.25, -0.2) is 4.79 Å². The van der Waals surface area contributed by atoms with Crippen LogP contribution in [0.15, 0.2) is 4.99 Å². The number of hydrogen-bond donors (Lipinski definition) is 8. The number of nitrogens with zero attached hydrogens (tertiary/aromatic N) is 1. The van der Waals surface area contributed by atoms with Gasteiger partial charge in [0.1, 0.15) is 18.1 Å². The number of hydrogen-bond acceptors (Lipinski definition) is 7. The second-order valence-electron chi connectivity index (χ2n) is 9.38. The lowest BCUT2D eigenvalue weighted by atomic mass is 9.99. The molecule has 14 nitrogen and oxygen atoms in total. The summed E-state index contributed by atoms with van der Waals surface area (Å²) in [5.74, 6) is -4.34. The van der Waals surface area contributed by atoms with Crippen LogP contribution in [0.5, 0.6) is 0 Å². The fraction of sp³-hybridized carbons (Fsp3) is 0.727. The number of aliphatic imine (C=N–C) groups is 1. The quantitative estimate of drug-likeness (QED) is 0.0598. The smallest absolute Gasteiger partial charge is 0.326 e. The maximum atomic E-state index is 13.0. The van der Waals surface area contributed by atoms with Gasteiger partial charge in [-0.3, -0.25) is 24.2 Å². The summed E-state index contributed by atoms with van der Waals surface area (Å²) in [5, 5.41) is 16.9. The van der Waals surface area contributed by atoms with E-state index in [1.807, 2.05) is 13.8 Å². The topological polar surface area (TPSA) is 258 Å². The maximum absolute atomic E-state index is 13.0. The molecule has 0 spiro atoms. The van der Waals surface area contributed by atoms with Crippen LogP contribution < -0.4 is 38.9 Å². The van der Waals surface area contributed by atoms with Gasteiger partial charge in [-0.15, -0.1) is 0 Å². The SMILES string of the molecule is CC(C)CC(N)C(=O)NC(C(=O)NC(CCC(N)=O)C(=O)NC(CCCN=C(N)N)C(=O)O)C(C)C. The number of nitrogens with two attached hydrogens (primary N) is 4. The van der Waals surface area contributed by atoms with E-state index in [-0.39, 0.29) is 50.0 Å². The molecule has 0 aromatic rings. The third-order valence-electron chi connectivity index (χ3n) is 5.18. The van der Waals surface area contributed by atoms with Crippen molar-refractivity contribution in [2.75, 3.05) is 6.54 Å². The number of carbonyl (C=O) groups excluding carboxylic acids is 4. The Bertz CT molecular complexity index is 797. The van der Waals surface area contributed by atoms with Crippen LogP contribution in [-0.4, -0.2) is 71.4 Å². The highest BCUT2D eigenvalue weighted by atomic mass is 16.4. The van der Waals surface area contributed by atoms with Crippen LogP contribution in [0.1, 0.15) is 59.8 Å². The van der Waals surface area contributed by atoms with E-state index in [1.165, 1.54) is 0 Å². The first-order valence-electron chi connectivity index (χ1n) is 11.9. The van der Waals surface area contributed by atoms with Crippen LogP contribution in [0.25, 0.3) is 0 Å². The average molecular weight is 515 g/mol. The summed E-state index contributed by atoms with van der Waals surface area (Å²) in [5.41, 5.74) is 21.6. The van der Waals surface area contributed by atoms with Crippen LogP contribution in [0.4, 0.5) is 0 Å². The molecular weight excluding hydrogens is 472 g/mol. The van der Waals surface area contributed by atoms with Crippen molar-refractivity contribution < 1.29 is 29.1 Å². The van der Waals surface area contributed by atoms with Crippen LogP contribution in [-0.2, 0) is 24.0 Å². The molecule has 0 rings (SSSR count). The normalized spacial score (nSPS) is 14.3. The van der Waals surface area contributed by atoms with E-state index in [4.69, 9.17) is 22.9 Å². The predicted molar refractivity (Wildman–Crippen MR) is 134 cm³/mol. The largest absolute Gasteiger partial charge is 0.480 e. The van der Waals surface area contributed by atoms with Gasteiger partial charge in [-0.2, -0.15) is 0 Å². The molecule has 0 aliphatic heterocycles. The lowest BCUT2D eigenvalue weighted by Gasteiger charge is -2.27. The summed E-state index contributed by atoms with van der Waals surface area (Å²) in [6, 6.07) is -4.39. The standard InChI is InChI=1S/C22H42N8O6/c1-11(2)10-13(23)18(32)30-17(12(3)4)20(34)28-14(7-8-16(24)31)19(33)29-15(21(35)36)6-5-9-27-22(25)26/h11-15,17H,5-10,23H2,1-4H3,(H2,24,31)(H,28,34)(H,29,33)(H,30,32)(H,35,36)(H4,25,26,27). The van der Waals surface area contributed by atoms with E-state index in [9.17, 15) is 29.1 Å². The molecule has 4 amide bonds. The maximum Gasteiger partial charge on any atom is 0.326 e. The summed E-state index contributed by atoms with van der Waals surface area (Å²) in [6.07, 6.45) is 0.303. The highest BCUT2D eigenvalue weighted by Gasteiger charge is 2.31. The number of aliphatic carboxylic acids is 1. The van der Waals surface area contributed by atoms with E-state index in [0.717, 1.165) is 0 Å². The van der Waals surface area contributed by atoms with Gasteiger partial charge in [-0.1, -0.05) is 27.7 Å². The van der Waals surface area contributed by atoms with Crippen molar-refractivity contribution in [3.8, 4) is 0 Å². The van der Waals surface area contributed by atoms with Crippen molar-refractivity contribution in [2.45, 2.75) is 84.0 Å². The van der Waals surface area contributed by atoms with Gasteiger partial charge < -0.3 is 44.0 Å².